The average molecular weight is 263 g/mol. The Morgan fingerprint density at radius 1 is 1.26 bits per heavy atom. The quantitative estimate of drug-likeness (QED) is 0.812. The van der Waals surface area contributed by atoms with E-state index in [9.17, 15) is 5.11 Å². The van der Waals surface area contributed by atoms with Crippen LogP contribution in [0.15, 0.2) is 24.3 Å². The predicted molar refractivity (Wildman–Crippen MR) is 82.2 cm³/mol. The van der Waals surface area contributed by atoms with Crippen molar-refractivity contribution in [1.82, 2.24) is 4.90 Å². The van der Waals surface area contributed by atoms with Crippen molar-refractivity contribution < 1.29 is 5.11 Å². The van der Waals surface area contributed by atoms with Gasteiger partial charge in [-0.05, 0) is 45.2 Å². The van der Waals surface area contributed by atoms with E-state index in [0.717, 1.165) is 13.1 Å². The maximum atomic E-state index is 10.0. The molecule has 0 unspecified atom stereocenters. The first-order valence-corrected chi connectivity index (χ1v) is 7.26. The molecule has 0 saturated heterocycles. The van der Waals surface area contributed by atoms with E-state index in [4.69, 9.17) is 0 Å². The van der Waals surface area contributed by atoms with Crippen LogP contribution in [0.3, 0.4) is 0 Å². The number of hydrogen-bond donors (Lipinski definition) is 1. The van der Waals surface area contributed by atoms with Gasteiger partial charge in [-0.3, -0.25) is 4.90 Å². The Bertz CT molecular complexity index is 379. The number of rotatable bonds is 7. The van der Waals surface area contributed by atoms with Crippen molar-refractivity contribution in [2.75, 3.05) is 13.1 Å². The van der Waals surface area contributed by atoms with Crippen LogP contribution in [0.4, 0.5) is 0 Å². The topological polar surface area (TPSA) is 23.5 Å². The second kappa shape index (κ2) is 7.06. The van der Waals surface area contributed by atoms with E-state index in [0.29, 0.717) is 12.5 Å². The molecule has 0 bridgehead atoms. The number of aryl methyl sites for hydroxylation is 1. The SMILES string of the molecule is Cc1cccc(CN(CCC(C)C)CC(C)(C)O)c1. The van der Waals surface area contributed by atoms with Gasteiger partial charge in [0, 0.05) is 13.1 Å². The normalized spacial score (nSPS) is 12.4. The molecule has 108 valence electrons. The Morgan fingerprint density at radius 3 is 2.47 bits per heavy atom. The molecule has 1 N–H and O–H groups in total. The minimum Gasteiger partial charge on any atom is -0.389 e. The Morgan fingerprint density at radius 2 is 1.95 bits per heavy atom. The second-order valence-electron chi connectivity index (χ2n) is 6.69. The van der Waals surface area contributed by atoms with Crippen molar-refractivity contribution >= 4 is 0 Å². The van der Waals surface area contributed by atoms with Gasteiger partial charge in [0.25, 0.3) is 0 Å². The van der Waals surface area contributed by atoms with E-state index in [1.807, 2.05) is 13.8 Å². The number of benzene rings is 1. The zero-order valence-corrected chi connectivity index (χ0v) is 13.1. The van der Waals surface area contributed by atoms with Crippen LogP contribution in [0.5, 0.6) is 0 Å². The Labute approximate surface area is 118 Å². The van der Waals surface area contributed by atoms with E-state index in [1.54, 1.807) is 0 Å². The van der Waals surface area contributed by atoms with Gasteiger partial charge in [0.1, 0.15) is 0 Å². The lowest BCUT2D eigenvalue weighted by Gasteiger charge is -2.29. The van der Waals surface area contributed by atoms with Crippen molar-refractivity contribution in [3.05, 3.63) is 35.4 Å². The van der Waals surface area contributed by atoms with E-state index in [1.165, 1.54) is 17.5 Å². The highest BCUT2D eigenvalue weighted by atomic mass is 16.3. The minimum absolute atomic E-state index is 0.638. The summed E-state index contributed by atoms with van der Waals surface area (Å²) in [6.07, 6.45) is 1.17. The van der Waals surface area contributed by atoms with E-state index in [-0.39, 0.29) is 0 Å². The van der Waals surface area contributed by atoms with Gasteiger partial charge in [-0.1, -0.05) is 43.7 Å². The summed E-state index contributed by atoms with van der Waals surface area (Å²) in [5, 5.41) is 10.0. The molecule has 0 heterocycles. The second-order valence-corrected chi connectivity index (χ2v) is 6.69. The Kier molecular flexibility index (Phi) is 6.02. The summed E-state index contributed by atoms with van der Waals surface area (Å²) in [5.41, 5.74) is 1.98. The summed E-state index contributed by atoms with van der Waals surface area (Å²) < 4.78 is 0. The van der Waals surface area contributed by atoms with E-state index >= 15 is 0 Å². The van der Waals surface area contributed by atoms with Crippen LogP contribution in [-0.4, -0.2) is 28.7 Å². The highest BCUT2D eigenvalue weighted by molar-refractivity contribution is 5.22. The van der Waals surface area contributed by atoms with Crippen molar-refractivity contribution in [2.45, 2.75) is 53.2 Å². The van der Waals surface area contributed by atoms with Crippen molar-refractivity contribution in [3.8, 4) is 0 Å². The fourth-order valence-electron chi connectivity index (χ4n) is 2.27. The molecule has 2 heteroatoms. The molecular formula is C17H29NO. The highest BCUT2D eigenvalue weighted by Gasteiger charge is 2.18. The molecule has 0 saturated carbocycles. The molecule has 19 heavy (non-hydrogen) atoms. The minimum atomic E-state index is -0.638. The third-order valence-electron chi connectivity index (χ3n) is 3.12. The highest BCUT2D eigenvalue weighted by Crippen LogP contribution is 2.13. The Balaban J connectivity index is 2.67. The molecule has 0 aromatic heterocycles. The van der Waals surface area contributed by atoms with Crippen LogP contribution < -0.4 is 0 Å². The first-order valence-electron chi connectivity index (χ1n) is 7.26. The predicted octanol–water partition coefficient (Wildman–Crippen LogP) is 3.61. The molecule has 1 aromatic rings. The van der Waals surface area contributed by atoms with Gasteiger partial charge in [0.15, 0.2) is 0 Å². The first kappa shape index (κ1) is 16.2. The lowest BCUT2D eigenvalue weighted by atomic mass is 10.1. The molecule has 0 aliphatic rings. The molecular weight excluding hydrogens is 234 g/mol. The summed E-state index contributed by atoms with van der Waals surface area (Å²) in [5.74, 6) is 0.696. The third-order valence-corrected chi connectivity index (χ3v) is 3.12. The fourth-order valence-corrected chi connectivity index (χ4v) is 2.27. The van der Waals surface area contributed by atoms with E-state index in [2.05, 4.69) is 49.9 Å². The van der Waals surface area contributed by atoms with Gasteiger partial charge >= 0.3 is 0 Å². The number of nitrogens with zero attached hydrogens (tertiary/aromatic N) is 1. The molecule has 0 aliphatic heterocycles. The van der Waals surface area contributed by atoms with Gasteiger partial charge in [0.05, 0.1) is 5.60 Å². The molecule has 0 radical (unpaired) electrons. The van der Waals surface area contributed by atoms with Gasteiger partial charge < -0.3 is 5.11 Å². The van der Waals surface area contributed by atoms with Crippen LogP contribution in [-0.2, 0) is 6.54 Å². The van der Waals surface area contributed by atoms with Gasteiger partial charge in [-0.15, -0.1) is 0 Å². The summed E-state index contributed by atoms with van der Waals surface area (Å²) in [7, 11) is 0. The lowest BCUT2D eigenvalue weighted by Crippen LogP contribution is -2.39. The third kappa shape index (κ3) is 7.34. The zero-order valence-electron chi connectivity index (χ0n) is 13.1. The largest absolute Gasteiger partial charge is 0.389 e. The van der Waals surface area contributed by atoms with Crippen LogP contribution in [0.2, 0.25) is 0 Å². The first-order chi connectivity index (χ1) is 8.76. The van der Waals surface area contributed by atoms with Crippen molar-refractivity contribution in [3.63, 3.8) is 0 Å². The lowest BCUT2D eigenvalue weighted by molar-refractivity contribution is 0.0320. The fraction of sp³-hybridized carbons (Fsp3) is 0.647. The molecule has 0 amide bonds. The van der Waals surface area contributed by atoms with E-state index < -0.39 is 5.60 Å². The maximum absolute atomic E-state index is 10.0. The number of hydrogen-bond acceptors (Lipinski definition) is 2. The van der Waals surface area contributed by atoms with Crippen LogP contribution in [0.25, 0.3) is 0 Å². The molecule has 0 fully saturated rings. The van der Waals surface area contributed by atoms with Crippen LogP contribution in [0.1, 0.15) is 45.2 Å². The summed E-state index contributed by atoms with van der Waals surface area (Å²) >= 11 is 0. The van der Waals surface area contributed by atoms with Gasteiger partial charge in [-0.2, -0.15) is 0 Å². The zero-order chi connectivity index (χ0) is 14.5. The smallest absolute Gasteiger partial charge is 0.0718 e. The standard InChI is InChI=1S/C17H29NO/c1-14(2)9-10-18(13-17(4,5)19)12-16-8-6-7-15(3)11-16/h6-8,11,14,19H,9-10,12-13H2,1-5H3. The van der Waals surface area contributed by atoms with Gasteiger partial charge in [-0.25, -0.2) is 0 Å². The monoisotopic (exact) mass is 263 g/mol. The molecule has 0 spiro atoms. The van der Waals surface area contributed by atoms with Crippen LogP contribution >= 0.6 is 0 Å². The molecule has 2 nitrogen and oxygen atoms in total. The van der Waals surface area contributed by atoms with Crippen molar-refractivity contribution in [1.29, 1.82) is 0 Å². The summed E-state index contributed by atoms with van der Waals surface area (Å²) in [4.78, 5) is 2.36. The molecule has 0 atom stereocenters. The summed E-state index contributed by atoms with van der Waals surface area (Å²) in [6.45, 7) is 13.0. The van der Waals surface area contributed by atoms with Crippen LogP contribution in [0, 0.1) is 12.8 Å². The summed E-state index contributed by atoms with van der Waals surface area (Å²) in [6, 6.07) is 8.62. The molecule has 1 rings (SSSR count). The van der Waals surface area contributed by atoms with Gasteiger partial charge in [0.2, 0.25) is 0 Å². The molecule has 1 aromatic carbocycles. The molecule has 0 aliphatic carbocycles. The average Bonchev–Trinajstić information content (AvgIpc) is 2.24. The Hall–Kier alpha value is -0.860. The van der Waals surface area contributed by atoms with Crippen molar-refractivity contribution in [2.24, 2.45) is 5.92 Å². The number of aliphatic hydroxyl groups is 1. The maximum Gasteiger partial charge on any atom is 0.0718 e.